The van der Waals surface area contributed by atoms with Crippen molar-refractivity contribution in [2.24, 2.45) is 5.73 Å². The molecule has 2 nitrogen and oxygen atoms in total. The molecule has 0 saturated heterocycles. The fraction of sp³-hybridized carbons (Fsp3) is 0.143. The summed E-state index contributed by atoms with van der Waals surface area (Å²) in [5.41, 5.74) is 7.40. The molecule has 2 N–H and O–H groups in total. The zero-order chi connectivity index (χ0) is 15.6. The van der Waals surface area contributed by atoms with Crippen molar-refractivity contribution in [3.05, 3.63) is 63.1 Å². The van der Waals surface area contributed by atoms with E-state index in [2.05, 4.69) is 20.7 Å². The highest BCUT2D eigenvalue weighted by molar-refractivity contribution is 9.10. The highest BCUT2D eigenvalue weighted by Gasteiger charge is 2.31. The van der Waals surface area contributed by atoms with E-state index in [9.17, 15) is 13.2 Å². The van der Waals surface area contributed by atoms with Gasteiger partial charge in [0, 0.05) is 9.50 Å². The summed E-state index contributed by atoms with van der Waals surface area (Å²) in [7, 11) is 0. The van der Waals surface area contributed by atoms with Crippen LogP contribution in [0.2, 0.25) is 5.02 Å². The van der Waals surface area contributed by atoms with E-state index in [1.54, 1.807) is 18.2 Å². The van der Waals surface area contributed by atoms with Crippen LogP contribution in [-0.4, -0.2) is 6.36 Å². The molecule has 2 aromatic rings. The minimum atomic E-state index is -4.71. The van der Waals surface area contributed by atoms with Gasteiger partial charge < -0.3 is 10.5 Å². The van der Waals surface area contributed by atoms with E-state index in [0.717, 1.165) is 4.47 Å². The average molecular weight is 381 g/mol. The largest absolute Gasteiger partial charge is 0.573 e. The number of benzene rings is 2. The van der Waals surface area contributed by atoms with Crippen LogP contribution in [0.5, 0.6) is 5.75 Å². The zero-order valence-electron chi connectivity index (χ0n) is 10.5. The zero-order valence-corrected chi connectivity index (χ0v) is 12.8. The molecule has 2 rings (SSSR count). The summed E-state index contributed by atoms with van der Waals surface area (Å²) in [6.45, 7) is 0. The number of rotatable bonds is 3. The van der Waals surface area contributed by atoms with Gasteiger partial charge in [-0.25, -0.2) is 0 Å². The molecule has 0 aliphatic heterocycles. The van der Waals surface area contributed by atoms with Crippen molar-refractivity contribution in [2.75, 3.05) is 0 Å². The van der Waals surface area contributed by atoms with Crippen molar-refractivity contribution in [1.82, 2.24) is 0 Å². The number of alkyl halides is 3. The van der Waals surface area contributed by atoms with Gasteiger partial charge in [-0.1, -0.05) is 39.7 Å². The third-order valence-corrected chi connectivity index (χ3v) is 3.60. The van der Waals surface area contributed by atoms with Crippen molar-refractivity contribution >= 4 is 27.5 Å². The fourth-order valence-electron chi connectivity index (χ4n) is 1.81. The Bertz CT molecular complexity index is 631. The van der Waals surface area contributed by atoms with Crippen molar-refractivity contribution in [3.63, 3.8) is 0 Å². The minimum Gasteiger partial charge on any atom is -0.406 e. The molecule has 0 radical (unpaired) electrons. The van der Waals surface area contributed by atoms with Crippen molar-refractivity contribution in [3.8, 4) is 5.75 Å². The van der Waals surface area contributed by atoms with E-state index < -0.39 is 12.4 Å². The normalized spacial score (nSPS) is 13.0. The molecule has 7 heteroatoms. The predicted molar refractivity (Wildman–Crippen MR) is 78.3 cm³/mol. The highest BCUT2D eigenvalue weighted by atomic mass is 79.9. The molecule has 0 bridgehead atoms. The Kier molecular flexibility index (Phi) is 4.81. The van der Waals surface area contributed by atoms with E-state index in [1.165, 1.54) is 24.3 Å². The van der Waals surface area contributed by atoms with Crippen LogP contribution in [0, 0.1) is 0 Å². The first-order chi connectivity index (χ1) is 9.76. The van der Waals surface area contributed by atoms with Gasteiger partial charge in [-0.3, -0.25) is 0 Å². The SMILES string of the molecule is N[C@@H](c1ccc(OC(F)(F)F)cc1)c1cc(Br)ccc1Cl. The topological polar surface area (TPSA) is 35.2 Å². The van der Waals surface area contributed by atoms with Crippen LogP contribution in [0.1, 0.15) is 17.2 Å². The lowest BCUT2D eigenvalue weighted by Gasteiger charge is -2.15. The van der Waals surface area contributed by atoms with Gasteiger partial charge in [0.15, 0.2) is 0 Å². The van der Waals surface area contributed by atoms with Crippen LogP contribution in [-0.2, 0) is 0 Å². The monoisotopic (exact) mass is 379 g/mol. The number of hydrogen-bond donors (Lipinski definition) is 1. The summed E-state index contributed by atoms with van der Waals surface area (Å²) in [6.07, 6.45) is -4.71. The molecule has 2 aromatic carbocycles. The Morgan fingerprint density at radius 1 is 1.10 bits per heavy atom. The van der Waals surface area contributed by atoms with E-state index in [4.69, 9.17) is 17.3 Å². The van der Waals surface area contributed by atoms with Gasteiger partial charge in [0.25, 0.3) is 0 Å². The van der Waals surface area contributed by atoms with E-state index in [1.807, 2.05) is 0 Å². The van der Waals surface area contributed by atoms with Gasteiger partial charge in [0.2, 0.25) is 0 Å². The Labute approximate surface area is 132 Å². The lowest BCUT2D eigenvalue weighted by atomic mass is 9.99. The minimum absolute atomic E-state index is 0.293. The molecule has 0 amide bonds. The van der Waals surface area contributed by atoms with E-state index >= 15 is 0 Å². The summed E-state index contributed by atoms with van der Waals surface area (Å²) in [6, 6.07) is 10.1. The third-order valence-electron chi connectivity index (χ3n) is 2.77. The lowest BCUT2D eigenvalue weighted by Crippen LogP contribution is -2.17. The summed E-state index contributed by atoms with van der Waals surface area (Å²) in [5, 5.41) is 0.487. The van der Waals surface area contributed by atoms with Crippen molar-refractivity contribution in [2.45, 2.75) is 12.4 Å². The maximum atomic E-state index is 12.1. The maximum absolute atomic E-state index is 12.1. The van der Waals surface area contributed by atoms with Crippen LogP contribution in [0.25, 0.3) is 0 Å². The molecule has 0 spiro atoms. The number of halogens is 5. The van der Waals surface area contributed by atoms with Gasteiger partial charge >= 0.3 is 6.36 Å². The molecule has 0 aliphatic rings. The first-order valence-electron chi connectivity index (χ1n) is 5.82. The second-order valence-electron chi connectivity index (χ2n) is 4.26. The smallest absolute Gasteiger partial charge is 0.406 e. The number of ether oxygens (including phenoxy) is 1. The molecule has 1 atom stereocenters. The predicted octanol–water partition coefficient (Wildman–Crippen LogP) is 5.05. The van der Waals surface area contributed by atoms with Crippen LogP contribution in [0.3, 0.4) is 0 Å². The second kappa shape index (κ2) is 6.25. The molecule has 0 saturated carbocycles. The van der Waals surface area contributed by atoms with Crippen LogP contribution >= 0.6 is 27.5 Å². The summed E-state index contributed by atoms with van der Waals surface area (Å²) in [5.74, 6) is -0.293. The molecule has 21 heavy (non-hydrogen) atoms. The standard InChI is InChI=1S/C14H10BrClF3NO/c15-9-3-6-12(16)11(7-9)13(20)8-1-4-10(5-2-8)21-14(17,18)19/h1-7,13H,20H2/t13-/m0/s1. The molecule has 0 aromatic heterocycles. The van der Waals surface area contributed by atoms with Crippen molar-refractivity contribution < 1.29 is 17.9 Å². The van der Waals surface area contributed by atoms with Gasteiger partial charge in [0.05, 0.1) is 6.04 Å². The maximum Gasteiger partial charge on any atom is 0.573 e. The molecule has 0 fully saturated rings. The van der Waals surface area contributed by atoms with Crippen LogP contribution in [0.4, 0.5) is 13.2 Å². The first kappa shape index (κ1) is 16.1. The van der Waals surface area contributed by atoms with Gasteiger partial charge in [-0.05, 0) is 41.5 Å². The van der Waals surface area contributed by atoms with Gasteiger partial charge in [0.1, 0.15) is 5.75 Å². The average Bonchev–Trinajstić information content (AvgIpc) is 2.40. The summed E-state index contributed by atoms with van der Waals surface area (Å²) >= 11 is 9.41. The highest BCUT2D eigenvalue weighted by Crippen LogP contribution is 2.30. The first-order valence-corrected chi connectivity index (χ1v) is 6.99. The van der Waals surface area contributed by atoms with Crippen LogP contribution < -0.4 is 10.5 Å². The lowest BCUT2D eigenvalue weighted by molar-refractivity contribution is -0.274. The quantitative estimate of drug-likeness (QED) is 0.809. The third kappa shape index (κ3) is 4.36. The molecular weight excluding hydrogens is 371 g/mol. The van der Waals surface area contributed by atoms with Gasteiger partial charge in [-0.2, -0.15) is 0 Å². The number of hydrogen-bond acceptors (Lipinski definition) is 2. The Morgan fingerprint density at radius 2 is 1.71 bits per heavy atom. The molecular formula is C14H10BrClF3NO. The second-order valence-corrected chi connectivity index (χ2v) is 5.58. The number of nitrogens with two attached hydrogens (primary N) is 1. The molecule has 0 aliphatic carbocycles. The Hall–Kier alpha value is -1.24. The van der Waals surface area contributed by atoms with Crippen LogP contribution in [0.15, 0.2) is 46.9 Å². The van der Waals surface area contributed by atoms with Gasteiger partial charge in [-0.15, -0.1) is 13.2 Å². The molecule has 112 valence electrons. The fourth-order valence-corrected chi connectivity index (χ4v) is 2.42. The van der Waals surface area contributed by atoms with E-state index in [0.29, 0.717) is 16.1 Å². The molecule has 0 heterocycles. The van der Waals surface area contributed by atoms with Crippen molar-refractivity contribution in [1.29, 1.82) is 0 Å². The Morgan fingerprint density at radius 3 is 2.29 bits per heavy atom. The molecule has 0 unspecified atom stereocenters. The summed E-state index contributed by atoms with van der Waals surface area (Å²) in [4.78, 5) is 0. The van der Waals surface area contributed by atoms with E-state index in [-0.39, 0.29) is 5.75 Å². The summed E-state index contributed by atoms with van der Waals surface area (Å²) < 4.78 is 40.9. The Balaban J connectivity index is 2.24.